The van der Waals surface area contributed by atoms with Gasteiger partial charge in [-0.3, -0.25) is 9.20 Å². The highest BCUT2D eigenvalue weighted by Crippen LogP contribution is 2.28. The van der Waals surface area contributed by atoms with Gasteiger partial charge >= 0.3 is 5.97 Å². The van der Waals surface area contributed by atoms with Crippen molar-refractivity contribution in [3.63, 3.8) is 0 Å². The molecular weight excluding hydrogens is 262 g/mol. The van der Waals surface area contributed by atoms with Crippen molar-refractivity contribution < 1.29 is 9.90 Å². The summed E-state index contributed by atoms with van der Waals surface area (Å²) in [4.78, 5) is 16.1. The molecule has 3 aromatic heterocycles. The summed E-state index contributed by atoms with van der Waals surface area (Å²) >= 11 is 1.62. The number of nitrogens with zero attached hydrogens (tertiary/aromatic N) is 3. The molecule has 0 radical (unpaired) electrons. The number of imidazole rings is 1. The minimum Gasteiger partial charge on any atom is -0.481 e. The third-order valence-electron chi connectivity index (χ3n) is 3.02. The summed E-state index contributed by atoms with van der Waals surface area (Å²) in [6.07, 6.45) is 6.38. The van der Waals surface area contributed by atoms with Crippen molar-refractivity contribution in [1.82, 2.24) is 14.0 Å². The molecule has 6 heteroatoms. The average molecular weight is 275 g/mol. The third kappa shape index (κ3) is 2.15. The standard InChI is InChI=1S/C13H13N3O2S/c1-15-5-4-9(7-15)10-8-19-12-6-14-11(16(10)12)2-3-13(17)18/h4-8H,2-3H2,1H3,(H,17,18). The van der Waals surface area contributed by atoms with Crippen LogP contribution in [0.15, 0.2) is 30.0 Å². The van der Waals surface area contributed by atoms with Gasteiger partial charge in [-0.25, -0.2) is 4.98 Å². The molecule has 98 valence electrons. The van der Waals surface area contributed by atoms with Crippen LogP contribution >= 0.6 is 11.3 Å². The van der Waals surface area contributed by atoms with Crippen LogP contribution in [0.1, 0.15) is 12.2 Å². The Balaban J connectivity index is 2.05. The minimum atomic E-state index is -0.798. The lowest BCUT2D eigenvalue weighted by Crippen LogP contribution is -2.01. The zero-order chi connectivity index (χ0) is 13.4. The number of rotatable bonds is 4. The number of aromatic nitrogens is 3. The zero-order valence-corrected chi connectivity index (χ0v) is 11.2. The second kappa shape index (κ2) is 4.55. The van der Waals surface area contributed by atoms with E-state index in [2.05, 4.69) is 10.4 Å². The molecule has 0 spiro atoms. The van der Waals surface area contributed by atoms with Crippen molar-refractivity contribution in [1.29, 1.82) is 0 Å². The van der Waals surface area contributed by atoms with E-state index in [0.717, 1.165) is 21.9 Å². The summed E-state index contributed by atoms with van der Waals surface area (Å²) in [5.41, 5.74) is 2.18. The normalized spacial score (nSPS) is 11.2. The third-order valence-corrected chi connectivity index (χ3v) is 3.90. The number of carbonyl (C=O) groups is 1. The van der Waals surface area contributed by atoms with Crippen LogP contribution in [0.4, 0.5) is 0 Å². The van der Waals surface area contributed by atoms with Gasteiger partial charge in [0, 0.05) is 36.8 Å². The first-order chi connectivity index (χ1) is 9.15. The maximum atomic E-state index is 10.7. The van der Waals surface area contributed by atoms with Crippen molar-refractivity contribution in [3.05, 3.63) is 35.9 Å². The molecule has 0 aromatic carbocycles. The summed E-state index contributed by atoms with van der Waals surface area (Å²) in [7, 11) is 1.98. The molecule has 0 bridgehead atoms. The molecule has 0 fully saturated rings. The predicted molar refractivity (Wildman–Crippen MR) is 73.4 cm³/mol. The van der Waals surface area contributed by atoms with E-state index in [1.165, 1.54) is 0 Å². The molecule has 19 heavy (non-hydrogen) atoms. The van der Waals surface area contributed by atoms with E-state index >= 15 is 0 Å². The number of carboxylic acid groups (broad SMARTS) is 1. The molecule has 1 N–H and O–H groups in total. The van der Waals surface area contributed by atoms with Crippen LogP contribution in [0, 0.1) is 0 Å². The highest BCUT2D eigenvalue weighted by atomic mass is 32.1. The predicted octanol–water partition coefficient (Wildman–Crippen LogP) is 2.42. The number of aliphatic carboxylic acids is 1. The van der Waals surface area contributed by atoms with Crippen molar-refractivity contribution in [2.75, 3.05) is 0 Å². The first-order valence-electron chi connectivity index (χ1n) is 5.93. The van der Waals surface area contributed by atoms with E-state index < -0.39 is 5.97 Å². The Kier molecular flexibility index (Phi) is 2.87. The van der Waals surface area contributed by atoms with Crippen molar-refractivity contribution in [2.45, 2.75) is 12.8 Å². The number of fused-ring (bicyclic) bond motifs is 1. The first kappa shape index (κ1) is 12.0. The molecule has 0 aliphatic rings. The number of thiazole rings is 1. The van der Waals surface area contributed by atoms with E-state index in [4.69, 9.17) is 5.11 Å². The number of aryl methyl sites for hydroxylation is 2. The largest absolute Gasteiger partial charge is 0.481 e. The number of hydrogen-bond acceptors (Lipinski definition) is 3. The molecule has 5 nitrogen and oxygen atoms in total. The minimum absolute atomic E-state index is 0.100. The van der Waals surface area contributed by atoms with Crippen LogP contribution in [-0.2, 0) is 18.3 Å². The van der Waals surface area contributed by atoms with Gasteiger partial charge in [0.2, 0.25) is 0 Å². The number of carboxylic acids is 1. The summed E-state index contributed by atoms with van der Waals surface area (Å²) in [5.74, 6) is 0.00532. The van der Waals surface area contributed by atoms with Gasteiger partial charge in [-0.05, 0) is 6.07 Å². The molecule has 3 rings (SSSR count). The Bertz CT molecular complexity index is 738. The monoisotopic (exact) mass is 275 g/mol. The molecule has 0 aliphatic heterocycles. The molecule has 0 atom stereocenters. The van der Waals surface area contributed by atoms with Gasteiger partial charge in [-0.15, -0.1) is 11.3 Å². The van der Waals surface area contributed by atoms with Gasteiger partial charge in [0.25, 0.3) is 0 Å². The molecule has 0 saturated carbocycles. The highest BCUT2D eigenvalue weighted by molar-refractivity contribution is 7.15. The summed E-state index contributed by atoms with van der Waals surface area (Å²) in [6.45, 7) is 0. The molecule has 0 amide bonds. The summed E-state index contributed by atoms with van der Waals surface area (Å²) in [6, 6.07) is 2.04. The quantitative estimate of drug-likeness (QED) is 0.795. The van der Waals surface area contributed by atoms with Crippen molar-refractivity contribution >= 4 is 22.1 Å². The second-order valence-corrected chi connectivity index (χ2v) is 5.32. The fourth-order valence-corrected chi connectivity index (χ4v) is 3.03. The fourth-order valence-electron chi connectivity index (χ4n) is 2.13. The lowest BCUT2D eigenvalue weighted by atomic mass is 10.2. The molecule has 0 unspecified atom stereocenters. The highest BCUT2D eigenvalue weighted by Gasteiger charge is 2.13. The van der Waals surface area contributed by atoms with Crippen molar-refractivity contribution in [2.24, 2.45) is 7.05 Å². The SMILES string of the molecule is Cn1ccc(-c2csc3cnc(CCC(=O)O)n23)c1. The number of hydrogen-bond donors (Lipinski definition) is 1. The Hall–Kier alpha value is -2.08. The van der Waals surface area contributed by atoms with Crippen LogP contribution in [0.25, 0.3) is 16.1 Å². The maximum absolute atomic E-state index is 10.7. The van der Waals surface area contributed by atoms with Gasteiger partial charge < -0.3 is 9.67 Å². The smallest absolute Gasteiger partial charge is 0.303 e. The van der Waals surface area contributed by atoms with Crippen LogP contribution in [0.2, 0.25) is 0 Å². The van der Waals surface area contributed by atoms with Gasteiger partial charge in [-0.1, -0.05) is 0 Å². The first-order valence-corrected chi connectivity index (χ1v) is 6.81. The molecule has 3 aromatic rings. The van der Waals surface area contributed by atoms with Crippen LogP contribution in [0.5, 0.6) is 0 Å². The Morgan fingerprint density at radius 1 is 1.53 bits per heavy atom. The summed E-state index contributed by atoms with van der Waals surface area (Å²) < 4.78 is 4.04. The molecule has 0 aliphatic carbocycles. The lowest BCUT2D eigenvalue weighted by molar-refractivity contribution is -0.137. The van der Waals surface area contributed by atoms with Crippen LogP contribution in [-0.4, -0.2) is 25.0 Å². The summed E-state index contributed by atoms with van der Waals surface area (Å²) in [5, 5.41) is 10.9. The maximum Gasteiger partial charge on any atom is 0.303 e. The van der Waals surface area contributed by atoms with E-state index in [1.807, 2.05) is 34.5 Å². The Morgan fingerprint density at radius 2 is 2.37 bits per heavy atom. The molecular formula is C13H13N3O2S. The van der Waals surface area contributed by atoms with Crippen LogP contribution in [0.3, 0.4) is 0 Å². The van der Waals surface area contributed by atoms with E-state index in [0.29, 0.717) is 6.42 Å². The van der Waals surface area contributed by atoms with Crippen molar-refractivity contribution in [3.8, 4) is 11.3 Å². The topological polar surface area (TPSA) is 59.5 Å². The molecule has 3 heterocycles. The Morgan fingerprint density at radius 3 is 3.05 bits per heavy atom. The van der Waals surface area contributed by atoms with E-state index in [1.54, 1.807) is 17.5 Å². The average Bonchev–Trinajstić information content (AvgIpc) is 3.02. The second-order valence-electron chi connectivity index (χ2n) is 4.43. The lowest BCUT2D eigenvalue weighted by Gasteiger charge is -2.01. The fraction of sp³-hybridized carbons (Fsp3) is 0.231. The van der Waals surface area contributed by atoms with E-state index in [-0.39, 0.29) is 6.42 Å². The van der Waals surface area contributed by atoms with Crippen LogP contribution < -0.4 is 0 Å². The van der Waals surface area contributed by atoms with Gasteiger partial charge in [0.15, 0.2) is 0 Å². The zero-order valence-electron chi connectivity index (χ0n) is 10.4. The van der Waals surface area contributed by atoms with Gasteiger partial charge in [-0.2, -0.15) is 0 Å². The Labute approximate surface area is 113 Å². The van der Waals surface area contributed by atoms with Gasteiger partial charge in [0.05, 0.1) is 18.3 Å². The van der Waals surface area contributed by atoms with Gasteiger partial charge in [0.1, 0.15) is 10.7 Å². The van der Waals surface area contributed by atoms with E-state index in [9.17, 15) is 4.79 Å². The molecule has 0 saturated heterocycles.